The van der Waals surface area contributed by atoms with Crippen LogP contribution in [0.25, 0.3) is 0 Å². The number of carboxylic acid groups (broad SMARTS) is 1. The summed E-state index contributed by atoms with van der Waals surface area (Å²) in [5.74, 6) is -0.712. The monoisotopic (exact) mass is 318 g/mol. The Morgan fingerprint density at radius 2 is 1.52 bits per heavy atom. The zero-order valence-electron chi connectivity index (χ0n) is 15.0. The molecule has 0 amide bonds. The summed E-state index contributed by atoms with van der Waals surface area (Å²) < 4.78 is 0. The first-order valence-electron chi connectivity index (χ1n) is 8.99. The van der Waals surface area contributed by atoms with Crippen molar-refractivity contribution in [3.63, 3.8) is 0 Å². The van der Waals surface area contributed by atoms with E-state index in [0.717, 1.165) is 32.1 Å². The van der Waals surface area contributed by atoms with Crippen molar-refractivity contribution in [1.82, 2.24) is 0 Å². The molecule has 0 bridgehead atoms. The summed E-state index contributed by atoms with van der Waals surface area (Å²) in [7, 11) is 0. The highest BCUT2D eigenvalue weighted by Gasteiger charge is 1.92. The molecule has 130 valence electrons. The Labute approximate surface area is 142 Å². The SMILES string of the molecule is CCCCCC=CCC=C(C)CC=CCC=CCCCC(=O)O. The quantitative estimate of drug-likeness (QED) is 0.289. The van der Waals surface area contributed by atoms with Gasteiger partial charge in [-0.25, -0.2) is 0 Å². The standard InChI is InChI=1S/C21H34O2/c1-3-4-5-6-8-11-14-17-20(2)18-15-12-9-7-10-13-16-19-21(22)23/h7-8,10-12,15,17H,3-6,9,13-14,16,18-19H2,1-2H3,(H,22,23). The number of aliphatic carboxylic acids is 1. The van der Waals surface area contributed by atoms with E-state index in [1.165, 1.54) is 31.3 Å². The number of unbranched alkanes of at least 4 members (excludes halogenated alkanes) is 4. The first-order chi connectivity index (χ1) is 11.2. The Morgan fingerprint density at radius 3 is 2.22 bits per heavy atom. The summed E-state index contributed by atoms with van der Waals surface area (Å²) in [4.78, 5) is 10.3. The van der Waals surface area contributed by atoms with E-state index >= 15 is 0 Å². The summed E-state index contributed by atoms with van der Waals surface area (Å²) >= 11 is 0. The van der Waals surface area contributed by atoms with Crippen molar-refractivity contribution in [2.45, 2.75) is 78.1 Å². The summed E-state index contributed by atoms with van der Waals surface area (Å²) in [5, 5.41) is 8.52. The maximum atomic E-state index is 10.3. The van der Waals surface area contributed by atoms with Gasteiger partial charge in [0.1, 0.15) is 0 Å². The van der Waals surface area contributed by atoms with Crippen molar-refractivity contribution in [2.24, 2.45) is 0 Å². The van der Waals surface area contributed by atoms with Gasteiger partial charge in [0, 0.05) is 6.42 Å². The van der Waals surface area contributed by atoms with Crippen molar-refractivity contribution in [3.05, 3.63) is 48.1 Å². The molecule has 0 aromatic heterocycles. The van der Waals surface area contributed by atoms with Crippen LogP contribution in [-0.2, 0) is 4.79 Å². The highest BCUT2D eigenvalue weighted by molar-refractivity contribution is 5.66. The van der Waals surface area contributed by atoms with Crippen LogP contribution in [0.5, 0.6) is 0 Å². The van der Waals surface area contributed by atoms with Crippen LogP contribution in [0.15, 0.2) is 48.1 Å². The van der Waals surface area contributed by atoms with Crippen molar-refractivity contribution in [3.8, 4) is 0 Å². The Morgan fingerprint density at radius 1 is 0.870 bits per heavy atom. The van der Waals surface area contributed by atoms with E-state index in [2.05, 4.69) is 56.4 Å². The van der Waals surface area contributed by atoms with Crippen LogP contribution in [0, 0.1) is 0 Å². The average Bonchev–Trinajstić information content (AvgIpc) is 2.52. The molecule has 0 unspecified atom stereocenters. The van der Waals surface area contributed by atoms with Crippen LogP contribution in [0.4, 0.5) is 0 Å². The van der Waals surface area contributed by atoms with E-state index in [9.17, 15) is 4.79 Å². The van der Waals surface area contributed by atoms with Crippen molar-refractivity contribution in [2.75, 3.05) is 0 Å². The first-order valence-corrected chi connectivity index (χ1v) is 8.99. The second-order valence-electron chi connectivity index (χ2n) is 5.92. The maximum absolute atomic E-state index is 10.3. The normalized spacial score (nSPS) is 12.9. The van der Waals surface area contributed by atoms with Crippen LogP contribution in [0.3, 0.4) is 0 Å². The topological polar surface area (TPSA) is 37.3 Å². The summed E-state index contributed by atoms with van der Waals surface area (Å²) in [5.41, 5.74) is 1.41. The van der Waals surface area contributed by atoms with Gasteiger partial charge in [-0.3, -0.25) is 4.79 Å². The van der Waals surface area contributed by atoms with Gasteiger partial charge in [-0.05, 0) is 51.9 Å². The van der Waals surface area contributed by atoms with Gasteiger partial charge in [0.2, 0.25) is 0 Å². The Kier molecular flexibility index (Phi) is 15.6. The minimum atomic E-state index is -0.712. The minimum absolute atomic E-state index is 0.261. The number of hydrogen-bond donors (Lipinski definition) is 1. The van der Waals surface area contributed by atoms with Gasteiger partial charge in [0.15, 0.2) is 0 Å². The Balaban J connectivity index is 3.62. The highest BCUT2D eigenvalue weighted by atomic mass is 16.4. The van der Waals surface area contributed by atoms with Gasteiger partial charge in [0.05, 0.1) is 0 Å². The van der Waals surface area contributed by atoms with Crippen molar-refractivity contribution >= 4 is 5.97 Å². The van der Waals surface area contributed by atoms with E-state index in [1.807, 2.05) is 0 Å². The largest absolute Gasteiger partial charge is 0.481 e. The molecule has 0 heterocycles. The third-order valence-corrected chi connectivity index (χ3v) is 3.55. The fraction of sp³-hybridized carbons (Fsp3) is 0.571. The van der Waals surface area contributed by atoms with E-state index in [-0.39, 0.29) is 6.42 Å². The van der Waals surface area contributed by atoms with Gasteiger partial charge in [-0.1, -0.05) is 67.9 Å². The molecule has 1 N–H and O–H groups in total. The summed E-state index contributed by atoms with van der Waals surface area (Å²) in [6, 6.07) is 0. The molecule has 0 radical (unpaired) electrons. The predicted octanol–water partition coefficient (Wildman–Crippen LogP) is 6.61. The molecule has 2 heteroatoms. The molecule has 0 spiro atoms. The van der Waals surface area contributed by atoms with Crippen molar-refractivity contribution < 1.29 is 9.90 Å². The van der Waals surface area contributed by atoms with Crippen LogP contribution < -0.4 is 0 Å². The fourth-order valence-corrected chi connectivity index (χ4v) is 2.11. The molecule has 2 nitrogen and oxygen atoms in total. The molecule has 0 aromatic carbocycles. The lowest BCUT2D eigenvalue weighted by atomic mass is 10.1. The van der Waals surface area contributed by atoms with E-state index in [1.54, 1.807) is 0 Å². The lowest BCUT2D eigenvalue weighted by Gasteiger charge is -1.95. The average molecular weight is 319 g/mol. The molecule has 0 saturated carbocycles. The first kappa shape index (κ1) is 21.4. The molecule has 23 heavy (non-hydrogen) atoms. The Bertz CT molecular complexity index is 400. The van der Waals surface area contributed by atoms with Gasteiger partial charge < -0.3 is 5.11 Å². The highest BCUT2D eigenvalue weighted by Crippen LogP contribution is 2.05. The van der Waals surface area contributed by atoms with Crippen LogP contribution in [-0.4, -0.2) is 11.1 Å². The zero-order chi connectivity index (χ0) is 17.2. The molecule has 0 saturated heterocycles. The number of rotatable bonds is 14. The van der Waals surface area contributed by atoms with Crippen LogP contribution in [0.2, 0.25) is 0 Å². The van der Waals surface area contributed by atoms with E-state index in [0.29, 0.717) is 0 Å². The molecular formula is C21H34O2. The van der Waals surface area contributed by atoms with Crippen LogP contribution in [0.1, 0.15) is 78.1 Å². The maximum Gasteiger partial charge on any atom is 0.303 e. The predicted molar refractivity (Wildman–Crippen MR) is 101 cm³/mol. The van der Waals surface area contributed by atoms with E-state index < -0.39 is 5.97 Å². The van der Waals surface area contributed by atoms with Gasteiger partial charge in [-0.15, -0.1) is 0 Å². The molecule has 0 fully saturated rings. The second kappa shape index (κ2) is 16.8. The minimum Gasteiger partial charge on any atom is -0.481 e. The molecule has 0 aliphatic heterocycles. The zero-order valence-corrected chi connectivity index (χ0v) is 15.0. The third-order valence-electron chi connectivity index (χ3n) is 3.55. The molecule has 0 aromatic rings. The third kappa shape index (κ3) is 18.4. The smallest absolute Gasteiger partial charge is 0.303 e. The molecule has 0 atom stereocenters. The van der Waals surface area contributed by atoms with Gasteiger partial charge >= 0.3 is 5.97 Å². The van der Waals surface area contributed by atoms with Gasteiger partial charge in [0.25, 0.3) is 0 Å². The molecule has 0 aliphatic rings. The van der Waals surface area contributed by atoms with Crippen LogP contribution >= 0.6 is 0 Å². The fourth-order valence-electron chi connectivity index (χ4n) is 2.11. The lowest BCUT2D eigenvalue weighted by molar-refractivity contribution is -0.137. The molecular weight excluding hydrogens is 284 g/mol. The van der Waals surface area contributed by atoms with Gasteiger partial charge in [-0.2, -0.15) is 0 Å². The molecule has 0 rings (SSSR count). The second-order valence-corrected chi connectivity index (χ2v) is 5.92. The summed E-state index contributed by atoms with van der Waals surface area (Å²) in [6.45, 7) is 4.41. The Hall–Kier alpha value is -1.57. The lowest BCUT2D eigenvalue weighted by Crippen LogP contribution is -1.92. The van der Waals surface area contributed by atoms with E-state index in [4.69, 9.17) is 5.11 Å². The molecule has 0 aliphatic carbocycles. The number of carboxylic acids is 1. The number of allylic oxidation sites excluding steroid dienone is 8. The number of hydrogen-bond acceptors (Lipinski definition) is 1. The summed E-state index contributed by atoms with van der Waals surface area (Å²) in [6.07, 6.45) is 25.4. The number of carbonyl (C=O) groups is 1. The van der Waals surface area contributed by atoms with Crippen molar-refractivity contribution in [1.29, 1.82) is 0 Å².